The number of amides is 3. The maximum Gasteiger partial charge on any atom is 0.322 e. The third-order valence-electron chi connectivity index (χ3n) is 9.22. The molecule has 10 heteroatoms. The monoisotopic (exact) mass is 636 g/mol. The normalized spacial score (nSPS) is 21.1. The summed E-state index contributed by atoms with van der Waals surface area (Å²) in [6.45, 7) is 8.08. The van der Waals surface area contributed by atoms with Crippen molar-refractivity contribution in [1.82, 2.24) is 15.1 Å². The molecule has 0 aromatic heterocycles. The van der Waals surface area contributed by atoms with Gasteiger partial charge in [0.05, 0.1) is 10.7 Å². The van der Waals surface area contributed by atoms with Gasteiger partial charge in [-0.15, -0.1) is 0 Å². The van der Waals surface area contributed by atoms with Crippen LogP contribution in [0.5, 0.6) is 0 Å². The van der Waals surface area contributed by atoms with Gasteiger partial charge in [-0.05, 0) is 107 Å². The van der Waals surface area contributed by atoms with Crippen molar-refractivity contribution in [3.8, 4) is 0 Å². The molecule has 0 radical (unpaired) electrons. The molecule has 3 heterocycles. The average Bonchev–Trinajstić information content (AvgIpc) is 3.77. The van der Waals surface area contributed by atoms with Gasteiger partial charge < -0.3 is 30.2 Å². The molecule has 6 rings (SSSR count). The summed E-state index contributed by atoms with van der Waals surface area (Å²) in [5.74, 6) is 0.168. The summed E-state index contributed by atoms with van der Waals surface area (Å²) in [7, 11) is 0. The maximum atomic E-state index is 13.1. The number of rotatable bonds is 8. The lowest BCUT2D eigenvalue weighted by Gasteiger charge is -2.36. The first-order chi connectivity index (χ1) is 21.4. The van der Waals surface area contributed by atoms with Crippen molar-refractivity contribution in [2.24, 2.45) is 5.92 Å². The lowest BCUT2D eigenvalue weighted by Crippen LogP contribution is -2.51. The molecule has 1 aliphatic carbocycles. The smallest absolute Gasteiger partial charge is 0.322 e. The second kappa shape index (κ2) is 14.3. The molecule has 3 aliphatic heterocycles. The van der Waals surface area contributed by atoms with Gasteiger partial charge in [-0.25, -0.2) is 4.79 Å². The van der Waals surface area contributed by atoms with Gasteiger partial charge in [-0.1, -0.05) is 35.3 Å². The molecule has 44 heavy (non-hydrogen) atoms. The highest BCUT2D eigenvalue weighted by Crippen LogP contribution is 2.34. The van der Waals surface area contributed by atoms with Crippen LogP contribution in [0.2, 0.25) is 0 Å². The Morgan fingerprint density at radius 2 is 1.45 bits per heavy atom. The van der Waals surface area contributed by atoms with E-state index in [1.54, 1.807) is 4.90 Å². The van der Waals surface area contributed by atoms with Crippen LogP contribution in [-0.4, -0.2) is 80.6 Å². The van der Waals surface area contributed by atoms with Gasteiger partial charge in [0.1, 0.15) is 0 Å². The van der Waals surface area contributed by atoms with E-state index in [9.17, 15) is 9.59 Å². The minimum atomic E-state index is -0.180. The molecule has 3 fully saturated rings. The van der Waals surface area contributed by atoms with Crippen LogP contribution in [0, 0.1) is 5.92 Å². The van der Waals surface area contributed by atoms with E-state index >= 15 is 0 Å². The first-order valence-corrected chi connectivity index (χ1v) is 16.7. The number of piperazine rings is 1. The van der Waals surface area contributed by atoms with Gasteiger partial charge in [-0.2, -0.15) is 0 Å². The zero-order valence-electron chi connectivity index (χ0n) is 25.2. The Labute approximate surface area is 270 Å². The molecule has 2 aromatic rings. The number of halogens is 2. The third kappa shape index (κ3) is 7.53. The number of nitrogens with one attached hydrogen (secondary N) is 2. The Morgan fingerprint density at radius 3 is 2.16 bits per heavy atom. The number of anilines is 3. The molecule has 2 N–H and O–H groups in total. The minimum absolute atomic E-state index is 0.127. The molecule has 1 unspecified atom stereocenters. The molecule has 0 bridgehead atoms. The summed E-state index contributed by atoms with van der Waals surface area (Å²) in [6, 6.07) is 15.5. The van der Waals surface area contributed by atoms with Crippen molar-refractivity contribution in [1.29, 1.82) is 0 Å². The number of allylic oxidation sites excluding steroid dienone is 3. The van der Waals surface area contributed by atoms with E-state index < -0.39 is 0 Å². The van der Waals surface area contributed by atoms with Crippen LogP contribution >= 0.6 is 23.2 Å². The van der Waals surface area contributed by atoms with E-state index in [1.165, 1.54) is 38.8 Å². The molecular weight excluding hydrogens is 595 g/mol. The number of hydrogen-bond donors (Lipinski definition) is 2. The van der Waals surface area contributed by atoms with E-state index in [2.05, 4.69) is 31.4 Å². The molecule has 2 aromatic carbocycles. The van der Waals surface area contributed by atoms with Gasteiger partial charge in [0.2, 0.25) is 0 Å². The SMILES string of the molecule is O=C(Nc1cccc(N2CCCC2)c1)c1ccc(N2CCN(C(=O)NC3=C(Cl)CC(CCN4CCCC4)C=C3Cl)CC2)cc1. The standard InChI is InChI=1S/C34H42Cl2N6O2/c35-30-22-25(12-17-39-13-1-2-14-39)23-31(36)32(30)38-34(44)42-20-18-41(19-21-42)28-10-8-26(9-11-28)33(43)37-27-6-5-7-29(24-27)40-15-3-4-16-40/h5-11,22,24-25H,1-4,12-21,23H2,(H,37,43)(H,38,44). The Morgan fingerprint density at radius 1 is 0.773 bits per heavy atom. The second-order valence-electron chi connectivity index (χ2n) is 12.2. The molecule has 3 saturated heterocycles. The van der Waals surface area contributed by atoms with Gasteiger partial charge in [0.15, 0.2) is 0 Å². The highest BCUT2D eigenvalue weighted by Gasteiger charge is 2.27. The number of carbonyl (C=O) groups excluding carboxylic acids is 2. The summed E-state index contributed by atoms with van der Waals surface area (Å²) in [5, 5.41) is 7.17. The van der Waals surface area contributed by atoms with Gasteiger partial charge >= 0.3 is 6.03 Å². The van der Waals surface area contributed by atoms with E-state index in [1.807, 2.05) is 48.5 Å². The molecule has 0 saturated carbocycles. The largest absolute Gasteiger partial charge is 0.371 e. The maximum absolute atomic E-state index is 13.1. The highest BCUT2D eigenvalue weighted by molar-refractivity contribution is 6.36. The number of hydrogen-bond acceptors (Lipinski definition) is 5. The third-order valence-corrected chi connectivity index (χ3v) is 9.88. The molecule has 1 atom stereocenters. The quantitative estimate of drug-likeness (QED) is 0.348. The lowest BCUT2D eigenvalue weighted by atomic mass is 9.95. The van der Waals surface area contributed by atoms with Crippen LogP contribution in [0.4, 0.5) is 21.9 Å². The minimum Gasteiger partial charge on any atom is -0.371 e. The van der Waals surface area contributed by atoms with Crippen molar-refractivity contribution in [2.75, 3.05) is 74.0 Å². The summed E-state index contributed by atoms with van der Waals surface area (Å²) in [5.41, 5.74) is 4.13. The fraction of sp³-hybridized carbons (Fsp3) is 0.471. The Bertz CT molecular complexity index is 1390. The summed E-state index contributed by atoms with van der Waals surface area (Å²) >= 11 is 13.2. The summed E-state index contributed by atoms with van der Waals surface area (Å²) in [6.07, 6.45) is 8.77. The zero-order valence-corrected chi connectivity index (χ0v) is 26.8. The molecule has 4 aliphatic rings. The average molecular weight is 638 g/mol. The van der Waals surface area contributed by atoms with Crippen LogP contribution in [0.1, 0.15) is 48.9 Å². The Balaban J connectivity index is 0.969. The molecular formula is C34H42Cl2N6O2. The number of benzene rings is 2. The number of likely N-dealkylation sites (tertiary alicyclic amines) is 1. The van der Waals surface area contributed by atoms with Crippen LogP contribution < -0.4 is 20.4 Å². The fourth-order valence-electron chi connectivity index (χ4n) is 6.61. The number of carbonyl (C=O) groups is 2. The van der Waals surface area contributed by atoms with E-state index in [-0.39, 0.29) is 11.9 Å². The van der Waals surface area contributed by atoms with Crippen molar-refractivity contribution in [3.05, 3.63) is 75.9 Å². The van der Waals surface area contributed by atoms with Crippen molar-refractivity contribution < 1.29 is 9.59 Å². The second-order valence-corrected chi connectivity index (χ2v) is 13.1. The summed E-state index contributed by atoms with van der Waals surface area (Å²) in [4.78, 5) is 34.9. The Hall–Kier alpha value is -3.20. The van der Waals surface area contributed by atoms with Gasteiger partial charge in [-0.3, -0.25) is 4.79 Å². The fourth-order valence-corrected chi connectivity index (χ4v) is 7.35. The van der Waals surface area contributed by atoms with E-state index in [0.717, 1.165) is 43.1 Å². The van der Waals surface area contributed by atoms with E-state index in [0.29, 0.717) is 59.8 Å². The van der Waals surface area contributed by atoms with Crippen molar-refractivity contribution >= 4 is 52.2 Å². The molecule has 234 valence electrons. The first kappa shape index (κ1) is 30.8. The lowest BCUT2D eigenvalue weighted by molar-refractivity contribution is 0.102. The zero-order chi connectivity index (χ0) is 30.5. The highest BCUT2D eigenvalue weighted by atomic mass is 35.5. The topological polar surface area (TPSA) is 71.2 Å². The first-order valence-electron chi connectivity index (χ1n) is 16.0. The molecule has 3 amide bonds. The number of urea groups is 1. The van der Waals surface area contributed by atoms with Crippen molar-refractivity contribution in [3.63, 3.8) is 0 Å². The summed E-state index contributed by atoms with van der Waals surface area (Å²) < 4.78 is 0. The Kier molecular flexibility index (Phi) is 9.99. The predicted octanol–water partition coefficient (Wildman–Crippen LogP) is 6.45. The number of nitrogens with zero attached hydrogens (tertiary/aromatic N) is 4. The van der Waals surface area contributed by atoms with Crippen molar-refractivity contribution in [2.45, 2.75) is 38.5 Å². The van der Waals surface area contributed by atoms with Crippen LogP contribution in [0.3, 0.4) is 0 Å². The van der Waals surface area contributed by atoms with Gasteiger partial charge in [0.25, 0.3) is 5.91 Å². The molecule has 8 nitrogen and oxygen atoms in total. The van der Waals surface area contributed by atoms with E-state index in [4.69, 9.17) is 23.2 Å². The van der Waals surface area contributed by atoms with Crippen LogP contribution in [-0.2, 0) is 0 Å². The van der Waals surface area contributed by atoms with Crippen LogP contribution in [0.15, 0.2) is 70.4 Å². The molecule has 0 spiro atoms. The predicted molar refractivity (Wildman–Crippen MR) is 180 cm³/mol. The van der Waals surface area contributed by atoms with Crippen LogP contribution in [0.25, 0.3) is 0 Å². The van der Waals surface area contributed by atoms with Gasteiger partial charge in [0, 0.05) is 66.9 Å².